The zero-order valence-corrected chi connectivity index (χ0v) is 12.0. The predicted molar refractivity (Wildman–Crippen MR) is 76.8 cm³/mol. The number of hydrazine groups is 1. The van der Waals surface area contributed by atoms with E-state index in [1.165, 1.54) is 0 Å². The van der Waals surface area contributed by atoms with Gasteiger partial charge in [0, 0.05) is 16.8 Å². The Bertz CT molecular complexity index is 519. The molecule has 0 bridgehead atoms. The van der Waals surface area contributed by atoms with Crippen LogP contribution in [0.4, 0.5) is 0 Å². The van der Waals surface area contributed by atoms with Crippen LogP contribution in [0.3, 0.4) is 0 Å². The second-order valence-corrected chi connectivity index (χ2v) is 5.84. The number of nitrogens with one attached hydrogen (secondary N) is 1. The molecule has 0 radical (unpaired) electrons. The number of aromatic nitrogens is 1. The Hall–Kier alpha value is -0.940. The molecule has 1 unspecified atom stereocenters. The fraction of sp³-hybridized carbons (Fsp3) is 0.308. The summed E-state index contributed by atoms with van der Waals surface area (Å²) in [5.41, 5.74) is 6.11. The number of aryl methyl sites for hydroxylation is 2. The molecule has 1 heterocycles. The monoisotopic (exact) mass is 281 g/mol. The third-order valence-electron chi connectivity index (χ3n) is 2.75. The van der Waals surface area contributed by atoms with Gasteiger partial charge in [0.2, 0.25) is 0 Å². The number of hydrogen-bond donors (Lipinski definition) is 2. The number of benzene rings is 1. The van der Waals surface area contributed by atoms with Crippen LogP contribution in [0, 0.1) is 13.8 Å². The Kier molecular flexibility index (Phi) is 4.35. The molecule has 0 fully saturated rings. The minimum atomic E-state index is 0.0314. The average molecular weight is 282 g/mol. The van der Waals surface area contributed by atoms with E-state index in [1.54, 1.807) is 11.3 Å². The van der Waals surface area contributed by atoms with Gasteiger partial charge in [0.05, 0.1) is 16.7 Å². The molecule has 1 aromatic heterocycles. The number of thiazole rings is 1. The molecule has 18 heavy (non-hydrogen) atoms. The summed E-state index contributed by atoms with van der Waals surface area (Å²) in [6.45, 7) is 4.03. The van der Waals surface area contributed by atoms with Gasteiger partial charge in [0.15, 0.2) is 0 Å². The SMILES string of the molecule is Cc1cc(Cl)cc(C(Cc2csc(C)n2)NN)c1. The van der Waals surface area contributed by atoms with Gasteiger partial charge in [-0.3, -0.25) is 11.3 Å². The van der Waals surface area contributed by atoms with Crippen molar-refractivity contribution >= 4 is 22.9 Å². The normalized spacial score (nSPS) is 12.7. The number of hydrogen-bond acceptors (Lipinski definition) is 4. The van der Waals surface area contributed by atoms with Gasteiger partial charge in [0.25, 0.3) is 0 Å². The first-order valence-corrected chi connectivity index (χ1v) is 6.98. The molecule has 1 aromatic carbocycles. The predicted octanol–water partition coefficient (Wildman–Crippen LogP) is 3.16. The highest BCUT2D eigenvalue weighted by Crippen LogP contribution is 2.23. The van der Waals surface area contributed by atoms with Crippen LogP contribution in [0.5, 0.6) is 0 Å². The van der Waals surface area contributed by atoms with Crippen molar-refractivity contribution in [3.8, 4) is 0 Å². The molecule has 0 aliphatic carbocycles. The molecule has 0 aliphatic rings. The van der Waals surface area contributed by atoms with E-state index in [4.69, 9.17) is 17.4 Å². The molecular formula is C13H16ClN3S. The van der Waals surface area contributed by atoms with E-state index in [1.807, 2.05) is 26.0 Å². The summed E-state index contributed by atoms with van der Waals surface area (Å²) >= 11 is 7.73. The zero-order valence-electron chi connectivity index (χ0n) is 10.4. The third-order valence-corrected chi connectivity index (χ3v) is 3.79. The maximum Gasteiger partial charge on any atom is 0.0897 e. The van der Waals surface area contributed by atoms with E-state index < -0.39 is 0 Å². The molecule has 0 saturated carbocycles. The van der Waals surface area contributed by atoms with Crippen LogP contribution >= 0.6 is 22.9 Å². The highest BCUT2D eigenvalue weighted by Gasteiger charge is 2.13. The van der Waals surface area contributed by atoms with Gasteiger partial charge in [0.1, 0.15) is 0 Å². The molecule has 0 aliphatic heterocycles. The van der Waals surface area contributed by atoms with E-state index in [9.17, 15) is 0 Å². The van der Waals surface area contributed by atoms with Crippen LogP contribution in [0.2, 0.25) is 5.02 Å². The van der Waals surface area contributed by atoms with Crippen LogP contribution in [-0.2, 0) is 6.42 Å². The lowest BCUT2D eigenvalue weighted by Gasteiger charge is -2.16. The van der Waals surface area contributed by atoms with Gasteiger partial charge in [-0.2, -0.15) is 0 Å². The molecular weight excluding hydrogens is 266 g/mol. The Morgan fingerprint density at radius 3 is 2.72 bits per heavy atom. The first-order valence-electron chi connectivity index (χ1n) is 5.72. The number of rotatable bonds is 4. The number of nitrogens with zero attached hydrogens (tertiary/aromatic N) is 1. The largest absolute Gasteiger partial charge is 0.271 e. The topological polar surface area (TPSA) is 50.9 Å². The molecule has 0 spiro atoms. The van der Waals surface area contributed by atoms with E-state index in [0.29, 0.717) is 0 Å². The first-order chi connectivity index (χ1) is 8.58. The van der Waals surface area contributed by atoms with Crippen molar-refractivity contribution in [2.24, 2.45) is 5.84 Å². The molecule has 3 nitrogen and oxygen atoms in total. The highest BCUT2D eigenvalue weighted by atomic mass is 35.5. The van der Waals surface area contributed by atoms with Crippen molar-refractivity contribution in [2.75, 3.05) is 0 Å². The third kappa shape index (κ3) is 3.29. The smallest absolute Gasteiger partial charge is 0.0897 e. The Morgan fingerprint density at radius 2 is 2.17 bits per heavy atom. The van der Waals surface area contributed by atoms with Crippen LogP contribution < -0.4 is 11.3 Å². The second kappa shape index (κ2) is 5.80. The standard InChI is InChI=1S/C13H16ClN3S/c1-8-3-10(5-11(14)4-8)13(17-15)6-12-7-18-9(2)16-12/h3-5,7,13,17H,6,15H2,1-2H3. The van der Waals surface area contributed by atoms with Gasteiger partial charge in [-0.05, 0) is 37.1 Å². The van der Waals surface area contributed by atoms with E-state index in [0.717, 1.165) is 33.3 Å². The van der Waals surface area contributed by atoms with Crippen molar-refractivity contribution in [3.63, 3.8) is 0 Å². The van der Waals surface area contributed by atoms with Gasteiger partial charge >= 0.3 is 0 Å². The van der Waals surface area contributed by atoms with Crippen molar-refractivity contribution < 1.29 is 0 Å². The molecule has 5 heteroatoms. The summed E-state index contributed by atoms with van der Waals surface area (Å²) in [5.74, 6) is 5.64. The van der Waals surface area contributed by atoms with Gasteiger partial charge < -0.3 is 0 Å². The second-order valence-electron chi connectivity index (χ2n) is 4.34. The lowest BCUT2D eigenvalue weighted by molar-refractivity contribution is 0.546. The summed E-state index contributed by atoms with van der Waals surface area (Å²) in [7, 11) is 0. The van der Waals surface area contributed by atoms with Crippen molar-refractivity contribution in [2.45, 2.75) is 26.3 Å². The molecule has 96 valence electrons. The quantitative estimate of drug-likeness (QED) is 0.669. The highest BCUT2D eigenvalue weighted by molar-refractivity contribution is 7.09. The molecule has 0 saturated heterocycles. The average Bonchev–Trinajstić information content (AvgIpc) is 2.70. The summed E-state index contributed by atoms with van der Waals surface area (Å²) in [6, 6.07) is 6.00. The number of nitrogens with two attached hydrogens (primary N) is 1. The molecule has 0 amide bonds. The molecule has 2 aromatic rings. The minimum Gasteiger partial charge on any atom is -0.271 e. The summed E-state index contributed by atoms with van der Waals surface area (Å²) in [5, 5.41) is 3.87. The molecule has 1 atom stereocenters. The van der Waals surface area contributed by atoms with Gasteiger partial charge in [-0.1, -0.05) is 17.7 Å². The lowest BCUT2D eigenvalue weighted by Crippen LogP contribution is -2.29. The van der Waals surface area contributed by atoms with Crippen LogP contribution in [0.25, 0.3) is 0 Å². The summed E-state index contributed by atoms with van der Waals surface area (Å²) < 4.78 is 0. The maximum atomic E-state index is 6.08. The fourth-order valence-corrected chi connectivity index (χ4v) is 2.87. The van der Waals surface area contributed by atoms with Crippen molar-refractivity contribution in [1.82, 2.24) is 10.4 Å². The fourth-order valence-electron chi connectivity index (χ4n) is 1.95. The summed E-state index contributed by atoms with van der Waals surface area (Å²) in [4.78, 5) is 4.46. The minimum absolute atomic E-state index is 0.0314. The van der Waals surface area contributed by atoms with Gasteiger partial charge in [-0.25, -0.2) is 4.98 Å². The maximum absolute atomic E-state index is 6.08. The molecule has 3 N–H and O–H groups in total. The van der Waals surface area contributed by atoms with Crippen LogP contribution in [-0.4, -0.2) is 4.98 Å². The lowest BCUT2D eigenvalue weighted by atomic mass is 10.0. The first kappa shape index (κ1) is 13.5. The van der Waals surface area contributed by atoms with Crippen molar-refractivity contribution in [3.05, 3.63) is 50.4 Å². The van der Waals surface area contributed by atoms with Gasteiger partial charge in [-0.15, -0.1) is 11.3 Å². The molecule has 2 rings (SSSR count). The Morgan fingerprint density at radius 1 is 1.39 bits per heavy atom. The Balaban J connectivity index is 2.22. The van der Waals surface area contributed by atoms with E-state index in [-0.39, 0.29) is 6.04 Å². The Labute approximate surface area is 116 Å². The van der Waals surface area contributed by atoms with Crippen LogP contribution in [0.1, 0.15) is 27.9 Å². The number of halogens is 1. The summed E-state index contributed by atoms with van der Waals surface area (Å²) in [6.07, 6.45) is 0.765. The van der Waals surface area contributed by atoms with Crippen LogP contribution in [0.15, 0.2) is 23.6 Å². The van der Waals surface area contributed by atoms with E-state index in [2.05, 4.69) is 21.9 Å². The van der Waals surface area contributed by atoms with Crippen molar-refractivity contribution in [1.29, 1.82) is 0 Å². The zero-order chi connectivity index (χ0) is 13.1. The van der Waals surface area contributed by atoms with E-state index >= 15 is 0 Å².